The van der Waals surface area contributed by atoms with Crippen molar-refractivity contribution in [2.45, 2.75) is 46.3 Å². The number of nitrogens with zero attached hydrogens (tertiary/aromatic N) is 5. The van der Waals surface area contributed by atoms with Gasteiger partial charge in [-0.3, -0.25) is 19.2 Å². The van der Waals surface area contributed by atoms with Gasteiger partial charge < -0.3 is 16.0 Å². The minimum absolute atomic E-state index is 0.119. The van der Waals surface area contributed by atoms with Crippen molar-refractivity contribution in [2.24, 2.45) is 12.0 Å². The van der Waals surface area contributed by atoms with E-state index in [0.29, 0.717) is 6.54 Å². The Labute approximate surface area is 188 Å². The second kappa shape index (κ2) is 10.6. The number of benzene rings is 1. The summed E-state index contributed by atoms with van der Waals surface area (Å²) in [5.41, 5.74) is 5.30. The lowest BCUT2D eigenvalue weighted by Gasteiger charge is -2.18. The topological polar surface area (TPSA) is 101 Å². The molecule has 0 saturated heterocycles. The molecule has 0 saturated carbocycles. The standard InChI is InChI=1S/C23H32N8O/c1-16(12-21-17(2)29-30(5)18(21)3)27-23(24-4)25-14-19-8-6-9-20(13-19)28-22(32)15-31-11-7-10-26-31/h6-11,13,16H,12,14-15H2,1-5H3,(H,28,32)(H2,24,25,27). The molecule has 1 aromatic carbocycles. The maximum atomic E-state index is 12.2. The summed E-state index contributed by atoms with van der Waals surface area (Å²) in [5, 5.41) is 18.3. The zero-order valence-electron chi connectivity index (χ0n) is 19.4. The third kappa shape index (κ3) is 6.19. The first-order chi connectivity index (χ1) is 15.4. The average Bonchev–Trinajstić information content (AvgIpc) is 3.34. The molecule has 0 bridgehead atoms. The van der Waals surface area contributed by atoms with E-state index in [9.17, 15) is 4.79 Å². The van der Waals surface area contributed by atoms with Gasteiger partial charge in [0, 0.05) is 50.5 Å². The number of nitrogens with one attached hydrogen (secondary N) is 3. The summed E-state index contributed by atoms with van der Waals surface area (Å²) in [7, 11) is 3.73. The Kier molecular flexibility index (Phi) is 7.64. The Morgan fingerprint density at radius 3 is 2.72 bits per heavy atom. The Balaban J connectivity index is 1.52. The molecule has 2 aromatic heterocycles. The zero-order chi connectivity index (χ0) is 23.1. The van der Waals surface area contributed by atoms with Gasteiger partial charge in [-0.2, -0.15) is 10.2 Å². The van der Waals surface area contributed by atoms with Crippen LogP contribution in [0.3, 0.4) is 0 Å². The van der Waals surface area contributed by atoms with E-state index >= 15 is 0 Å². The molecule has 0 aliphatic carbocycles. The molecular weight excluding hydrogens is 404 g/mol. The van der Waals surface area contributed by atoms with Crippen LogP contribution < -0.4 is 16.0 Å². The molecule has 2 heterocycles. The molecule has 3 N–H and O–H groups in total. The SMILES string of the molecule is CN=C(NCc1cccc(NC(=O)Cn2cccn2)c1)NC(C)Cc1c(C)nn(C)c1C. The summed E-state index contributed by atoms with van der Waals surface area (Å²) in [6.45, 7) is 7.04. The van der Waals surface area contributed by atoms with Gasteiger partial charge in [-0.25, -0.2) is 0 Å². The van der Waals surface area contributed by atoms with Crippen LogP contribution in [0.5, 0.6) is 0 Å². The van der Waals surface area contributed by atoms with E-state index in [2.05, 4.69) is 45.0 Å². The van der Waals surface area contributed by atoms with Crippen molar-refractivity contribution in [1.29, 1.82) is 0 Å². The third-order valence-corrected chi connectivity index (χ3v) is 5.31. The summed E-state index contributed by atoms with van der Waals surface area (Å²) in [6.07, 6.45) is 4.28. The minimum atomic E-state index is -0.119. The van der Waals surface area contributed by atoms with E-state index in [-0.39, 0.29) is 18.5 Å². The summed E-state index contributed by atoms with van der Waals surface area (Å²) < 4.78 is 3.51. The molecule has 1 unspecified atom stereocenters. The number of carbonyl (C=O) groups is 1. The number of aromatic nitrogens is 4. The number of guanidine groups is 1. The number of hydrogen-bond donors (Lipinski definition) is 3. The minimum Gasteiger partial charge on any atom is -0.354 e. The quantitative estimate of drug-likeness (QED) is 0.371. The van der Waals surface area contributed by atoms with Crippen LogP contribution in [0.1, 0.15) is 29.4 Å². The zero-order valence-corrected chi connectivity index (χ0v) is 19.4. The van der Waals surface area contributed by atoms with Crippen molar-refractivity contribution >= 4 is 17.6 Å². The van der Waals surface area contributed by atoms with Gasteiger partial charge in [0.2, 0.25) is 5.91 Å². The van der Waals surface area contributed by atoms with Crippen LogP contribution in [0.2, 0.25) is 0 Å². The molecule has 0 spiro atoms. The summed E-state index contributed by atoms with van der Waals surface area (Å²) >= 11 is 0. The van der Waals surface area contributed by atoms with Crippen LogP contribution in [0.4, 0.5) is 5.69 Å². The van der Waals surface area contributed by atoms with Crippen LogP contribution in [0.25, 0.3) is 0 Å². The number of anilines is 1. The normalized spacial score (nSPS) is 12.5. The first-order valence-electron chi connectivity index (χ1n) is 10.7. The fourth-order valence-electron chi connectivity index (χ4n) is 3.58. The van der Waals surface area contributed by atoms with Gasteiger partial charge in [0.25, 0.3) is 0 Å². The van der Waals surface area contributed by atoms with Gasteiger partial charge in [0.1, 0.15) is 6.54 Å². The van der Waals surface area contributed by atoms with Crippen molar-refractivity contribution in [1.82, 2.24) is 30.2 Å². The Hall–Kier alpha value is -3.62. The Morgan fingerprint density at radius 1 is 1.25 bits per heavy atom. The maximum Gasteiger partial charge on any atom is 0.246 e. The van der Waals surface area contributed by atoms with E-state index in [4.69, 9.17) is 0 Å². The third-order valence-electron chi connectivity index (χ3n) is 5.31. The molecule has 1 amide bonds. The van der Waals surface area contributed by atoms with Crippen molar-refractivity contribution in [3.05, 3.63) is 65.2 Å². The lowest BCUT2D eigenvalue weighted by molar-refractivity contribution is -0.116. The number of amides is 1. The maximum absolute atomic E-state index is 12.2. The van der Waals surface area contributed by atoms with E-state index in [1.807, 2.05) is 42.9 Å². The molecule has 0 fully saturated rings. The fraction of sp³-hybridized carbons (Fsp3) is 0.391. The predicted octanol–water partition coefficient (Wildman–Crippen LogP) is 2.17. The second-order valence-electron chi connectivity index (χ2n) is 7.90. The monoisotopic (exact) mass is 436 g/mol. The van der Waals surface area contributed by atoms with Crippen molar-refractivity contribution in [3.8, 4) is 0 Å². The number of aryl methyl sites for hydroxylation is 2. The molecule has 1 atom stereocenters. The first kappa shape index (κ1) is 23.1. The van der Waals surface area contributed by atoms with Gasteiger partial charge in [0.15, 0.2) is 5.96 Å². The number of aliphatic imine (C=N–C) groups is 1. The lowest BCUT2D eigenvalue weighted by Crippen LogP contribution is -2.42. The highest BCUT2D eigenvalue weighted by atomic mass is 16.2. The molecule has 0 radical (unpaired) electrons. The van der Waals surface area contributed by atoms with Crippen molar-refractivity contribution < 1.29 is 4.79 Å². The average molecular weight is 437 g/mol. The van der Waals surface area contributed by atoms with Crippen LogP contribution in [-0.4, -0.2) is 44.5 Å². The molecule has 3 aromatic rings. The lowest BCUT2D eigenvalue weighted by atomic mass is 10.1. The molecule has 0 aliphatic heterocycles. The van der Waals surface area contributed by atoms with Crippen LogP contribution >= 0.6 is 0 Å². The Morgan fingerprint density at radius 2 is 2.06 bits per heavy atom. The largest absolute Gasteiger partial charge is 0.354 e. The summed E-state index contributed by atoms with van der Waals surface area (Å²) in [4.78, 5) is 16.5. The number of carbonyl (C=O) groups excluding carboxylic acids is 1. The number of hydrogen-bond acceptors (Lipinski definition) is 4. The second-order valence-corrected chi connectivity index (χ2v) is 7.90. The molecule has 170 valence electrons. The summed E-state index contributed by atoms with van der Waals surface area (Å²) in [5.74, 6) is 0.607. The Bertz CT molecular complexity index is 1070. The number of rotatable bonds is 8. The van der Waals surface area contributed by atoms with Crippen LogP contribution in [0.15, 0.2) is 47.7 Å². The van der Waals surface area contributed by atoms with Crippen LogP contribution in [-0.2, 0) is 31.4 Å². The summed E-state index contributed by atoms with van der Waals surface area (Å²) in [6, 6.07) is 9.74. The van der Waals surface area contributed by atoms with Crippen molar-refractivity contribution in [3.63, 3.8) is 0 Å². The van der Waals surface area contributed by atoms with E-state index in [0.717, 1.165) is 29.3 Å². The van der Waals surface area contributed by atoms with E-state index in [1.165, 1.54) is 11.3 Å². The van der Waals surface area contributed by atoms with Gasteiger partial charge in [0.05, 0.1) is 5.69 Å². The highest BCUT2D eigenvalue weighted by Gasteiger charge is 2.14. The highest BCUT2D eigenvalue weighted by Crippen LogP contribution is 2.14. The smallest absolute Gasteiger partial charge is 0.246 e. The highest BCUT2D eigenvalue weighted by molar-refractivity contribution is 5.90. The molecular formula is C23H32N8O. The van der Waals surface area contributed by atoms with Gasteiger partial charge in [-0.1, -0.05) is 12.1 Å². The van der Waals surface area contributed by atoms with E-state index in [1.54, 1.807) is 30.2 Å². The van der Waals surface area contributed by atoms with Gasteiger partial charge in [-0.15, -0.1) is 0 Å². The molecule has 9 nitrogen and oxygen atoms in total. The van der Waals surface area contributed by atoms with Gasteiger partial charge >= 0.3 is 0 Å². The van der Waals surface area contributed by atoms with Crippen LogP contribution in [0, 0.1) is 13.8 Å². The first-order valence-corrected chi connectivity index (χ1v) is 10.7. The molecule has 32 heavy (non-hydrogen) atoms. The van der Waals surface area contributed by atoms with Crippen molar-refractivity contribution in [2.75, 3.05) is 12.4 Å². The fourth-order valence-corrected chi connectivity index (χ4v) is 3.58. The molecule has 0 aliphatic rings. The molecule has 9 heteroatoms. The predicted molar refractivity (Wildman–Crippen MR) is 126 cm³/mol. The van der Waals surface area contributed by atoms with Gasteiger partial charge in [-0.05, 0) is 56.5 Å². The van der Waals surface area contributed by atoms with E-state index < -0.39 is 0 Å². The molecule has 3 rings (SSSR count).